The van der Waals surface area contributed by atoms with Gasteiger partial charge >= 0.3 is 0 Å². The summed E-state index contributed by atoms with van der Waals surface area (Å²) in [6.45, 7) is 0. The molecule has 13 aromatic carbocycles. The zero-order valence-corrected chi connectivity index (χ0v) is 39.2. The minimum Gasteiger partial charge on any atom is -0.456 e. The molecule has 0 atom stereocenters. The van der Waals surface area contributed by atoms with Crippen LogP contribution in [0.15, 0.2) is 276 Å². The summed E-state index contributed by atoms with van der Waals surface area (Å²) in [5.41, 5.74) is 16.1. The molecule has 0 N–H and O–H groups in total. The predicted molar refractivity (Wildman–Crippen MR) is 305 cm³/mol. The summed E-state index contributed by atoms with van der Waals surface area (Å²) < 4.78 is 12.3. The molecular formula is C70H44O2. The van der Waals surface area contributed by atoms with E-state index in [1.165, 1.54) is 98.7 Å². The van der Waals surface area contributed by atoms with Gasteiger partial charge in [0.15, 0.2) is 0 Å². The van der Waals surface area contributed by atoms with Gasteiger partial charge in [-0.15, -0.1) is 0 Å². The fraction of sp³-hybridized carbons (Fsp3) is 0. The third kappa shape index (κ3) is 6.88. The SMILES string of the molecule is c1ccc(-c2c3ccccc3c(-c3ccc4oc5ccccc5c4c3)c3ccccc23)cc1.c1ccc(-c2ccc3c(-c4ccc5oc6ccccc6c5c4)c4ccccc4c(-c4ccccc4)c3c2)cc1. The molecule has 72 heavy (non-hydrogen) atoms. The van der Waals surface area contributed by atoms with Crippen LogP contribution < -0.4 is 0 Å². The summed E-state index contributed by atoms with van der Waals surface area (Å²) in [5.74, 6) is 0. The van der Waals surface area contributed by atoms with Gasteiger partial charge in [-0.25, -0.2) is 0 Å². The smallest absolute Gasteiger partial charge is 0.135 e. The lowest BCUT2D eigenvalue weighted by molar-refractivity contribution is 0.668. The maximum Gasteiger partial charge on any atom is 0.135 e. The van der Waals surface area contributed by atoms with E-state index in [1.807, 2.05) is 24.3 Å². The Balaban J connectivity index is 0.000000136. The highest BCUT2D eigenvalue weighted by molar-refractivity contribution is 6.24. The molecule has 0 fully saturated rings. The lowest BCUT2D eigenvalue weighted by atomic mass is 9.84. The highest BCUT2D eigenvalue weighted by Crippen LogP contribution is 2.47. The monoisotopic (exact) mass is 916 g/mol. The van der Waals surface area contributed by atoms with Crippen molar-refractivity contribution in [3.05, 3.63) is 267 Å². The summed E-state index contributed by atoms with van der Waals surface area (Å²) in [6, 6.07) is 95.3. The Hall–Kier alpha value is -9.50. The van der Waals surface area contributed by atoms with Crippen molar-refractivity contribution in [1.82, 2.24) is 0 Å². The van der Waals surface area contributed by atoms with Crippen LogP contribution in [0, 0.1) is 0 Å². The van der Waals surface area contributed by atoms with Gasteiger partial charge in [0.1, 0.15) is 22.3 Å². The van der Waals surface area contributed by atoms with Gasteiger partial charge in [0.05, 0.1) is 0 Å². The van der Waals surface area contributed by atoms with Crippen LogP contribution in [0.2, 0.25) is 0 Å². The van der Waals surface area contributed by atoms with Crippen molar-refractivity contribution in [2.75, 3.05) is 0 Å². The van der Waals surface area contributed by atoms with E-state index in [0.29, 0.717) is 0 Å². The van der Waals surface area contributed by atoms with Crippen LogP contribution >= 0.6 is 0 Å². The lowest BCUT2D eigenvalue weighted by Crippen LogP contribution is -1.91. The second-order valence-electron chi connectivity index (χ2n) is 18.6. The van der Waals surface area contributed by atoms with Gasteiger partial charge in [0.25, 0.3) is 0 Å². The van der Waals surface area contributed by atoms with E-state index in [-0.39, 0.29) is 0 Å². The molecule has 0 amide bonds. The minimum atomic E-state index is 0.917. The van der Waals surface area contributed by atoms with Crippen LogP contribution in [0.4, 0.5) is 0 Å². The molecule has 2 heterocycles. The Labute approximate surface area is 416 Å². The second-order valence-corrected chi connectivity index (χ2v) is 18.6. The van der Waals surface area contributed by atoms with E-state index >= 15 is 0 Å². The number of rotatable bonds is 5. The summed E-state index contributed by atoms with van der Waals surface area (Å²) in [5, 5.41) is 14.7. The highest BCUT2D eigenvalue weighted by atomic mass is 16.3. The summed E-state index contributed by atoms with van der Waals surface area (Å²) >= 11 is 0. The van der Waals surface area contributed by atoms with Gasteiger partial charge in [0, 0.05) is 21.5 Å². The van der Waals surface area contributed by atoms with Crippen molar-refractivity contribution in [2.45, 2.75) is 0 Å². The fourth-order valence-corrected chi connectivity index (χ4v) is 11.3. The summed E-state index contributed by atoms with van der Waals surface area (Å²) in [6.07, 6.45) is 0. The molecule has 0 aliphatic heterocycles. The lowest BCUT2D eigenvalue weighted by Gasteiger charge is -2.19. The van der Waals surface area contributed by atoms with Crippen molar-refractivity contribution in [3.63, 3.8) is 0 Å². The first-order valence-electron chi connectivity index (χ1n) is 24.6. The predicted octanol–water partition coefficient (Wildman–Crippen LogP) is 20.1. The van der Waals surface area contributed by atoms with Gasteiger partial charge in [-0.1, -0.05) is 224 Å². The highest BCUT2D eigenvalue weighted by Gasteiger charge is 2.20. The van der Waals surface area contributed by atoms with Gasteiger partial charge in [-0.3, -0.25) is 0 Å². The molecule has 336 valence electrons. The van der Waals surface area contributed by atoms with E-state index in [2.05, 4.69) is 243 Å². The van der Waals surface area contributed by atoms with Crippen LogP contribution in [0.1, 0.15) is 0 Å². The van der Waals surface area contributed by atoms with Crippen molar-refractivity contribution in [1.29, 1.82) is 0 Å². The molecule has 0 bridgehead atoms. The molecule has 2 nitrogen and oxygen atoms in total. The number of hydrogen-bond donors (Lipinski definition) is 0. The molecule has 0 saturated carbocycles. The normalized spacial score (nSPS) is 11.6. The number of para-hydroxylation sites is 2. The topological polar surface area (TPSA) is 26.3 Å². The van der Waals surface area contributed by atoms with E-state index in [4.69, 9.17) is 8.83 Å². The van der Waals surface area contributed by atoms with Crippen molar-refractivity contribution in [2.24, 2.45) is 0 Å². The maximum atomic E-state index is 6.16. The van der Waals surface area contributed by atoms with Crippen molar-refractivity contribution in [3.8, 4) is 55.6 Å². The Morgan fingerprint density at radius 2 is 0.431 bits per heavy atom. The van der Waals surface area contributed by atoms with Crippen molar-refractivity contribution < 1.29 is 8.83 Å². The van der Waals surface area contributed by atoms with Crippen LogP contribution in [-0.2, 0) is 0 Å². The van der Waals surface area contributed by atoms with Gasteiger partial charge in [0.2, 0.25) is 0 Å². The first-order chi connectivity index (χ1) is 35.7. The molecule has 0 radical (unpaired) electrons. The van der Waals surface area contributed by atoms with Crippen LogP contribution in [0.5, 0.6) is 0 Å². The van der Waals surface area contributed by atoms with E-state index < -0.39 is 0 Å². The Bertz CT molecular complexity index is 4490. The zero-order valence-electron chi connectivity index (χ0n) is 39.2. The number of benzene rings is 13. The minimum absolute atomic E-state index is 0.917. The average molecular weight is 917 g/mol. The van der Waals surface area contributed by atoms with Crippen molar-refractivity contribution >= 4 is 87.0 Å². The first kappa shape index (κ1) is 41.5. The largest absolute Gasteiger partial charge is 0.456 e. The Morgan fingerprint density at radius 3 is 0.847 bits per heavy atom. The molecule has 15 aromatic rings. The zero-order chi connectivity index (χ0) is 47.5. The maximum absolute atomic E-state index is 6.16. The Morgan fingerprint density at radius 1 is 0.153 bits per heavy atom. The van der Waals surface area contributed by atoms with Crippen LogP contribution in [0.3, 0.4) is 0 Å². The number of fused-ring (bicyclic) bond motifs is 10. The quantitative estimate of drug-likeness (QED) is 0.161. The van der Waals surface area contributed by atoms with Crippen LogP contribution in [0.25, 0.3) is 143 Å². The van der Waals surface area contributed by atoms with E-state index in [0.717, 1.165) is 43.9 Å². The van der Waals surface area contributed by atoms with E-state index in [1.54, 1.807) is 0 Å². The Kier molecular flexibility index (Phi) is 9.89. The van der Waals surface area contributed by atoms with Gasteiger partial charge in [-0.05, 0) is 141 Å². The fourth-order valence-electron chi connectivity index (χ4n) is 11.3. The molecule has 0 spiro atoms. The third-order valence-electron chi connectivity index (χ3n) is 14.5. The number of hydrogen-bond acceptors (Lipinski definition) is 2. The molecular weight excluding hydrogens is 873 g/mol. The van der Waals surface area contributed by atoms with Gasteiger partial charge < -0.3 is 8.83 Å². The van der Waals surface area contributed by atoms with Gasteiger partial charge in [-0.2, -0.15) is 0 Å². The second kappa shape index (κ2) is 17.2. The first-order valence-corrected chi connectivity index (χ1v) is 24.6. The third-order valence-corrected chi connectivity index (χ3v) is 14.5. The molecule has 2 heteroatoms. The standard InChI is InChI=1S/C38H24O.C32H20O/c1-3-11-25(12-4-1)27-19-21-32-34(23-27)37(26-13-5-2-6-14-26)30-16-7-8-17-31(30)38(32)28-20-22-36-33(24-28)29-15-9-10-18-35(29)39-36;1-2-10-21(11-3-1)31-24-13-4-6-15-26(24)32(27-16-7-5-14-25(27)31)22-18-19-30-28(20-22)23-12-8-9-17-29(23)33-30/h1-24H;1-20H. The molecule has 0 aliphatic rings. The molecule has 0 saturated heterocycles. The average Bonchev–Trinajstić information content (AvgIpc) is 4.02. The molecule has 0 aliphatic carbocycles. The summed E-state index contributed by atoms with van der Waals surface area (Å²) in [4.78, 5) is 0. The molecule has 2 aromatic heterocycles. The molecule has 0 unspecified atom stereocenters. The summed E-state index contributed by atoms with van der Waals surface area (Å²) in [7, 11) is 0. The van der Waals surface area contributed by atoms with E-state index in [9.17, 15) is 0 Å². The number of furan rings is 2. The molecule has 15 rings (SSSR count). The van der Waals surface area contributed by atoms with Crippen LogP contribution in [-0.4, -0.2) is 0 Å².